The summed E-state index contributed by atoms with van der Waals surface area (Å²) in [4.78, 5) is 29.5. The quantitative estimate of drug-likeness (QED) is 0.692. The monoisotopic (exact) mass is 411 g/mol. The molecule has 0 unspecified atom stereocenters. The second kappa shape index (κ2) is 7.33. The molecular weight excluding hydrogens is 378 g/mol. The highest BCUT2D eigenvalue weighted by Gasteiger charge is 2.51. The largest absolute Gasteiger partial charge is 0.481 e. The summed E-state index contributed by atoms with van der Waals surface area (Å²) in [5.41, 5.74) is 1.60. The van der Waals surface area contributed by atoms with Crippen LogP contribution in [0.2, 0.25) is 0 Å². The topological polar surface area (TPSA) is 91.3 Å². The first kappa shape index (κ1) is 20.0. The minimum atomic E-state index is -0.804. The van der Waals surface area contributed by atoms with Gasteiger partial charge in [-0.05, 0) is 94.7 Å². The van der Waals surface area contributed by atoms with Crippen LogP contribution in [-0.4, -0.2) is 40.6 Å². The molecule has 1 aromatic heterocycles. The molecule has 1 amide bonds. The van der Waals surface area contributed by atoms with Gasteiger partial charge < -0.3 is 15.7 Å². The van der Waals surface area contributed by atoms with Crippen LogP contribution >= 0.6 is 0 Å². The molecule has 1 saturated heterocycles. The van der Waals surface area contributed by atoms with Crippen molar-refractivity contribution in [2.24, 2.45) is 17.8 Å². The number of aliphatic carboxylic acids is 1. The van der Waals surface area contributed by atoms with Gasteiger partial charge in [-0.1, -0.05) is 0 Å². The van der Waals surface area contributed by atoms with Crippen LogP contribution in [0.3, 0.4) is 0 Å². The predicted octanol–water partition coefficient (Wildman–Crippen LogP) is 3.18. The molecule has 0 spiro atoms. The molecule has 2 heterocycles. The van der Waals surface area contributed by atoms with Gasteiger partial charge in [-0.15, -0.1) is 0 Å². The van der Waals surface area contributed by atoms with Gasteiger partial charge in [0.1, 0.15) is 0 Å². The fraction of sp³-hybridized carbons (Fsp3) is 0.708. The van der Waals surface area contributed by atoms with Crippen LogP contribution in [0.5, 0.6) is 0 Å². The molecule has 6 heteroatoms. The molecular formula is C24H33N3O3. The Bertz CT molecular complexity index is 824. The van der Waals surface area contributed by atoms with Crippen molar-refractivity contribution in [2.45, 2.75) is 75.7 Å². The van der Waals surface area contributed by atoms with Gasteiger partial charge in [0.05, 0.1) is 17.7 Å². The third-order valence-corrected chi connectivity index (χ3v) is 8.25. The molecule has 5 aliphatic rings. The number of pyridine rings is 1. The maximum atomic E-state index is 13.2. The molecule has 4 aliphatic carbocycles. The molecule has 4 bridgehead atoms. The minimum absolute atomic E-state index is 0.0115. The van der Waals surface area contributed by atoms with Crippen LogP contribution in [0.25, 0.3) is 0 Å². The van der Waals surface area contributed by atoms with Gasteiger partial charge in [0.2, 0.25) is 0 Å². The number of aromatic nitrogens is 1. The van der Waals surface area contributed by atoms with E-state index < -0.39 is 11.4 Å². The average Bonchev–Trinajstić information content (AvgIpc) is 2.66. The molecule has 4 saturated carbocycles. The molecule has 3 N–H and O–H groups in total. The molecule has 0 aromatic carbocycles. The van der Waals surface area contributed by atoms with Crippen LogP contribution in [-0.2, 0) is 10.2 Å². The van der Waals surface area contributed by atoms with E-state index in [1.54, 1.807) is 0 Å². The Hall–Kier alpha value is -1.95. The molecule has 1 aliphatic heterocycles. The van der Waals surface area contributed by atoms with E-state index in [-0.39, 0.29) is 17.9 Å². The Morgan fingerprint density at radius 2 is 1.83 bits per heavy atom. The third kappa shape index (κ3) is 3.53. The van der Waals surface area contributed by atoms with E-state index in [9.17, 15) is 14.7 Å². The van der Waals surface area contributed by atoms with E-state index in [1.165, 1.54) is 19.3 Å². The molecule has 5 fully saturated rings. The van der Waals surface area contributed by atoms with Crippen LogP contribution in [0, 0.1) is 24.7 Å². The Kier molecular flexibility index (Phi) is 4.88. The number of carbonyl (C=O) groups excluding carboxylic acids is 1. The fourth-order valence-electron chi connectivity index (χ4n) is 7.39. The molecule has 6 rings (SSSR count). The lowest BCUT2D eigenvalue weighted by molar-refractivity contribution is -0.138. The molecule has 1 atom stereocenters. The summed E-state index contributed by atoms with van der Waals surface area (Å²) in [5, 5.41) is 16.3. The van der Waals surface area contributed by atoms with Crippen molar-refractivity contribution in [3.8, 4) is 0 Å². The molecule has 6 nitrogen and oxygen atoms in total. The lowest BCUT2D eigenvalue weighted by atomic mass is 9.53. The fourth-order valence-corrected chi connectivity index (χ4v) is 7.39. The maximum Gasteiger partial charge on any atom is 0.304 e. The number of aryl methyl sites for hydroxylation is 1. The zero-order chi connectivity index (χ0) is 20.9. The van der Waals surface area contributed by atoms with E-state index in [1.807, 2.05) is 19.1 Å². The van der Waals surface area contributed by atoms with Crippen molar-refractivity contribution in [3.05, 3.63) is 29.1 Å². The van der Waals surface area contributed by atoms with Crippen molar-refractivity contribution in [1.82, 2.24) is 15.6 Å². The number of hydrogen-bond acceptors (Lipinski definition) is 4. The van der Waals surface area contributed by atoms with Crippen molar-refractivity contribution in [2.75, 3.05) is 13.1 Å². The third-order valence-electron chi connectivity index (χ3n) is 8.25. The Labute approximate surface area is 178 Å². The van der Waals surface area contributed by atoms with E-state index in [0.29, 0.717) is 17.8 Å². The first-order chi connectivity index (χ1) is 14.4. The SMILES string of the molecule is Cc1nc([C@]2(CC(=O)O)CCCNC2)ccc1C(=O)NC12CC3CC(CC(C3)C1)C2. The Balaban J connectivity index is 1.37. The standard InChI is InChI=1S/C24H33N3O3/c1-15-19(3-4-20(26-15)23(13-21(28)29)5-2-6-25-14-23)22(30)27-24-10-16-7-17(11-24)9-18(8-16)12-24/h3-4,16-18,25H,2,5-14H2,1H3,(H,27,30)(H,28,29)/t16?,17?,18?,23-,24?/m0/s1. The number of nitrogens with zero attached hydrogens (tertiary/aromatic N) is 1. The highest BCUT2D eigenvalue weighted by molar-refractivity contribution is 5.95. The van der Waals surface area contributed by atoms with Crippen LogP contribution < -0.4 is 10.6 Å². The first-order valence-electron chi connectivity index (χ1n) is 11.6. The van der Waals surface area contributed by atoms with Gasteiger partial charge in [-0.3, -0.25) is 14.6 Å². The van der Waals surface area contributed by atoms with Gasteiger partial charge in [-0.2, -0.15) is 0 Å². The van der Waals surface area contributed by atoms with Crippen molar-refractivity contribution < 1.29 is 14.7 Å². The summed E-state index contributed by atoms with van der Waals surface area (Å²) >= 11 is 0. The minimum Gasteiger partial charge on any atom is -0.481 e. The number of carboxylic acid groups (broad SMARTS) is 1. The van der Waals surface area contributed by atoms with Crippen molar-refractivity contribution in [3.63, 3.8) is 0 Å². The lowest BCUT2D eigenvalue weighted by Crippen LogP contribution is -2.59. The number of carbonyl (C=O) groups is 2. The van der Waals surface area contributed by atoms with E-state index in [4.69, 9.17) is 4.98 Å². The summed E-state index contributed by atoms with van der Waals surface area (Å²) in [5.74, 6) is 1.54. The molecule has 1 aromatic rings. The van der Waals surface area contributed by atoms with E-state index >= 15 is 0 Å². The van der Waals surface area contributed by atoms with Gasteiger partial charge in [-0.25, -0.2) is 0 Å². The number of carboxylic acids is 1. The van der Waals surface area contributed by atoms with E-state index in [0.717, 1.165) is 62.1 Å². The first-order valence-corrected chi connectivity index (χ1v) is 11.6. The number of piperidine rings is 1. The zero-order valence-electron chi connectivity index (χ0n) is 17.9. The smallest absolute Gasteiger partial charge is 0.304 e. The highest BCUT2D eigenvalue weighted by atomic mass is 16.4. The van der Waals surface area contributed by atoms with Crippen LogP contribution in [0.15, 0.2) is 12.1 Å². The number of hydrogen-bond donors (Lipinski definition) is 3. The van der Waals surface area contributed by atoms with Gasteiger partial charge in [0.15, 0.2) is 0 Å². The van der Waals surface area contributed by atoms with Gasteiger partial charge in [0, 0.05) is 23.2 Å². The normalized spacial score (nSPS) is 37.2. The molecule has 162 valence electrons. The summed E-state index contributed by atoms with van der Waals surface area (Å²) in [6, 6.07) is 3.75. The van der Waals surface area contributed by atoms with Gasteiger partial charge in [0.25, 0.3) is 5.91 Å². The van der Waals surface area contributed by atoms with Crippen LogP contribution in [0.1, 0.15) is 79.5 Å². The highest BCUT2D eigenvalue weighted by Crippen LogP contribution is 2.55. The van der Waals surface area contributed by atoms with Crippen molar-refractivity contribution >= 4 is 11.9 Å². The Morgan fingerprint density at radius 3 is 2.37 bits per heavy atom. The summed E-state index contributed by atoms with van der Waals surface area (Å²) in [7, 11) is 0. The summed E-state index contributed by atoms with van der Waals surface area (Å²) in [6.07, 6.45) is 9.23. The second-order valence-electron chi connectivity index (χ2n) is 10.6. The summed E-state index contributed by atoms with van der Waals surface area (Å²) < 4.78 is 0. The van der Waals surface area contributed by atoms with Crippen LogP contribution in [0.4, 0.5) is 0 Å². The zero-order valence-corrected chi connectivity index (χ0v) is 17.9. The maximum absolute atomic E-state index is 13.2. The second-order valence-corrected chi connectivity index (χ2v) is 10.6. The summed E-state index contributed by atoms with van der Waals surface area (Å²) in [6.45, 7) is 3.40. The predicted molar refractivity (Wildman–Crippen MR) is 113 cm³/mol. The number of nitrogens with one attached hydrogen (secondary N) is 2. The lowest BCUT2D eigenvalue weighted by Gasteiger charge is -2.56. The van der Waals surface area contributed by atoms with E-state index in [2.05, 4.69) is 10.6 Å². The Morgan fingerprint density at radius 1 is 1.17 bits per heavy atom. The van der Waals surface area contributed by atoms with Gasteiger partial charge >= 0.3 is 5.97 Å². The number of amides is 1. The molecule has 30 heavy (non-hydrogen) atoms. The molecule has 0 radical (unpaired) electrons. The average molecular weight is 412 g/mol. The van der Waals surface area contributed by atoms with Crippen molar-refractivity contribution in [1.29, 1.82) is 0 Å². The number of rotatable bonds is 5.